The van der Waals surface area contributed by atoms with Gasteiger partial charge < -0.3 is 14.8 Å². The summed E-state index contributed by atoms with van der Waals surface area (Å²) in [6, 6.07) is 11.8. The number of pyridine rings is 1. The van der Waals surface area contributed by atoms with E-state index in [-0.39, 0.29) is 0 Å². The lowest BCUT2D eigenvalue weighted by molar-refractivity contribution is 0.0343. The number of ether oxygens (including phenoxy) is 2. The molecule has 0 amide bonds. The smallest absolute Gasteiger partial charge is 0.139 e. The second kappa shape index (κ2) is 9.87. The quantitative estimate of drug-likeness (QED) is 0.314. The predicted octanol–water partition coefficient (Wildman–Crippen LogP) is 6.85. The lowest BCUT2D eigenvalue weighted by Crippen LogP contribution is -2.35. The van der Waals surface area contributed by atoms with Crippen molar-refractivity contribution in [2.75, 3.05) is 38.7 Å². The molecule has 1 aliphatic rings. The summed E-state index contributed by atoms with van der Waals surface area (Å²) in [6.45, 7) is 4.49. The van der Waals surface area contributed by atoms with Gasteiger partial charge in [-0.2, -0.15) is 11.3 Å². The Balaban J connectivity index is 1.45. The Hall–Kier alpha value is -2.35. The third-order valence-electron chi connectivity index (χ3n) is 5.80. The molecule has 0 spiro atoms. The zero-order chi connectivity index (χ0) is 22.8. The highest BCUT2D eigenvalue weighted by Crippen LogP contribution is 2.37. The molecule has 2 aromatic carbocycles. The standard InChI is InChI=1S/C25H23Cl2N3O2S/c1-31-25-12-24(20(26)11-21(25)27)29-22-4-5-28-23-10-16(2-3-18(22)23)19-15-33-14-17(19)13-30-6-8-32-9-7-30/h2-5,10-12,14-15H,6-9,13H2,1H3,(H,28,29). The largest absolute Gasteiger partial charge is 0.495 e. The molecule has 33 heavy (non-hydrogen) atoms. The fourth-order valence-electron chi connectivity index (χ4n) is 4.05. The van der Waals surface area contributed by atoms with E-state index in [1.807, 2.05) is 6.07 Å². The van der Waals surface area contributed by atoms with E-state index in [9.17, 15) is 0 Å². The van der Waals surface area contributed by atoms with Gasteiger partial charge in [-0.05, 0) is 45.6 Å². The Labute approximate surface area is 206 Å². The van der Waals surface area contributed by atoms with Gasteiger partial charge in [-0.25, -0.2) is 0 Å². The van der Waals surface area contributed by atoms with Gasteiger partial charge in [0, 0.05) is 43.0 Å². The normalized spacial score (nSPS) is 14.5. The first-order valence-electron chi connectivity index (χ1n) is 10.7. The second-order valence-corrected chi connectivity index (χ2v) is 9.44. The Bertz CT molecular complexity index is 1290. The van der Waals surface area contributed by atoms with Gasteiger partial charge in [0.15, 0.2) is 0 Å². The van der Waals surface area contributed by atoms with Gasteiger partial charge in [-0.15, -0.1) is 0 Å². The predicted molar refractivity (Wildman–Crippen MR) is 137 cm³/mol. The zero-order valence-corrected chi connectivity index (χ0v) is 20.4. The van der Waals surface area contributed by atoms with Crippen LogP contribution in [0.2, 0.25) is 10.0 Å². The average molecular weight is 500 g/mol. The van der Waals surface area contributed by atoms with Crippen LogP contribution in [-0.4, -0.2) is 43.3 Å². The van der Waals surface area contributed by atoms with Crippen molar-refractivity contribution in [1.29, 1.82) is 0 Å². The first kappa shape index (κ1) is 22.4. The van der Waals surface area contributed by atoms with Gasteiger partial charge in [-0.1, -0.05) is 35.3 Å². The van der Waals surface area contributed by atoms with Crippen LogP contribution in [0.4, 0.5) is 11.4 Å². The molecule has 1 aliphatic heterocycles. The number of hydrogen-bond donors (Lipinski definition) is 1. The molecule has 5 rings (SSSR count). The number of hydrogen-bond acceptors (Lipinski definition) is 6. The third-order valence-corrected chi connectivity index (χ3v) is 7.20. The molecule has 1 N–H and O–H groups in total. The van der Waals surface area contributed by atoms with Crippen LogP contribution in [0.3, 0.4) is 0 Å². The molecular weight excluding hydrogens is 477 g/mol. The molecule has 0 bridgehead atoms. The van der Waals surface area contributed by atoms with Crippen LogP contribution < -0.4 is 10.1 Å². The summed E-state index contributed by atoms with van der Waals surface area (Å²) in [6.07, 6.45) is 1.80. The number of morpholine rings is 1. The zero-order valence-electron chi connectivity index (χ0n) is 18.1. The van der Waals surface area contributed by atoms with Gasteiger partial charge in [0.25, 0.3) is 0 Å². The number of aromatic nitrogens is 1. The lowest BCUT2D eigenvalue weighted by Gasteiger charge is -2.26. The molecule has 0 unspecified atom stereocenters. The van der Waals surface area contributed by atoms with Crippen molar-refractivity contribution in [3.05, 3.63) is 69.0 Å². The van der Waals surface area contributed by atoms with Crippen molar-refractivity contribution in [1.82, 2.24) is 9.88 Å². The number of rotatable bonds is 6. The van der Waals surface area contributed by atoms with Crippen molar-refractivity contribution in [2.45, 2.75) is 6.54 Å². The summed E-state index contributed by atoms with van der Waals surface area (Å²) < 4.78 is 10.8. The summed E-state index contributed by atoms with van der Waals surface area (Å²) >= 11 is 14.3. The van der Waals surface area contributed by atoms with Crippen molar-refractivity contribution in [2.24, 2.45) is 0 Å². The highest BCUT2D eigenvalue weighted by atomic mass is 35.5. The van der Waals surface area contributed by atoms with Gasteiger partial charge in [0.2, 0.25) is 0 Å². The third kappa shape index (κ3) is 4.81. The molecule has 2 aromatic heterocycles. The highest BCUT2D eigenvalue weighted by molar-refractivity contribution is 7.08. The summed E-state index contributed by atoms with van der Waals surface area (Å²) in [5.41, 5.74) is 6.33. The molecule has 0 saturated carbocycles. The Morgan fingerprint density at radius 3 is 2.73 bits per heavy atom. The van der Waals surface area contributed by atoms with Crippen LogP contribution in [0.25, 0.3) is 22.0 Å². The molecule has 5 nitrogen and oxygen atoms in total. The molecule has 0 radical (unpaired) electrons. The van der Waals surface area contributed by atoms with E-state index >= 15 is 0 Å². The summed E-state index contributed by atoms with van der Waals surface area (Å²) in [5.74, 6) is 0.564. The fraction of sp³-hybridized carbons (Fsp3) is 0.240. The van der Waals surface area contributed by atoms with Crippen LogP contribution >= 0.6 is 34.5 Å². The molecule has 1 fully saturated rings. The maximum absolute atomic E-state index is 6.42. The number of benzene rings is 2. The highest BCUT2D eigenvalue weighted by Gasteiger charge is 2.15. The van der Waals surface area contributed by atoms with Crippen LogP contribution in [-0.2, 0) is 11.3 Å². The van der Waals surface area contributed by atoms with E-state index in [0.717, 1.165) is 55.1 Å². The fourth-order valence-corrected chi connectivity index (χ4v) is 5.42. The number of methoxy groups -OCH3 is 1. The minimum Gasteiger partial charge on any atom is -0.495 e. The van der Waals surface area contributed by atoms with Crippen LogP contribution in [0.15, 0.2) is 53.4 Å². The Morgan fingerprint density at radius 2 is 1.91 bits per heavy atom. The minimum absolute atomic E-state index is 0.473. The van der Waals surface area contributed by atoms with Gasteiger partial charge >= 0.3 is 0 Å². The average Bonchev–Trinajstić information content (AvgIpc) is 3.29. The SMILES string of the molecule is COc1cc(Nc2ccnc3cc(-c4cscc4CN4CCOCC4)ccc23)c(Cl)cc1Cl. The van der Waals surface area contributed by atoms with E-state index in [2.05, 4.69) is 44.2 Å². The second-order valence-electron chi connectivity index (χ2n) is 7.88. The van der Waals surface area contributed by atoms with Gasteiger partial charge in [-0.3, -0.25) is 9.88 Å². The molecule has 1 saturated heterocycles. The molecule has 8 heteroatoms. The first-order chi connectivity index (χ1) is 16.1. The van der Waals surface area contributed by atoms with E-state index in [0.29, 0.717) is 15.8 Å². The van der Waals surface area contributed by atoms with Gasteiger partial charge in [0.1, 0.15) is 5.75 Å². The minimum atomic E-state index is 0.473. The van der Waals surface area contributed by atoms with Crippen molar-refractivity contribution in [3.8, 4) is 16.9 Å². The maximum atomic E-state index is 6.42. The first-order valence-corrected chi connectivity index (χ1v) is 12.4. The summed E-state index contributed by atoms with van der Waals surface area (Å²) in [5, 5.41) is 9.88. The molecule has 0 aliphatic carbocycles. The van der Waals surface area contributed by atoms with Crippen molar-refractivity contribution < 1.29 is 9.47 Å². The van der Waals surface area contributed by atoms with E-state index in [1.54, 1.807) is 36.8 Å². The summed E-state index contributed by atoms with van der Waals surface area (Å²) in [7, 11) is 1.58. The number of nitrogens with one attached hydrogen (secondary N) is 1. The summed E-state index contributed by atoms with van der Waals surface area (Å²) in [4.78, 5) is 7.07. The molecular formula is C25H23Cl2N3O2S. The number of thiophene rings is 1. The number of nitrogens with zero attached hydrogens (tertiary/aromatic N) is 2. The number of halogens is 2. The number of anilines is 2. The number of fused-ring (bicyclic) bond motifs is 1. The van der Waals surface area contributed by atoms with Crippen molar-refractivity contribution >= 4 is 56.8 Å². The molecule has 4 aromatic rings. The monoisotopic (exact) mass is 499 g/mol. The van der Waals surface area contributed by atoms with Gasteiger partial charge in [0.05, 0.1) is 41.6 Å². The maximum Gasteiger partial charge on any atom is 0.139 e. The van der Waals surface area contributed by atoms with E-state index in [4.69, 9.17) is 32.7 Å². The van der Waals surface area contributed by atoms with E-state index in [1.165, 1.54) is 16.7 Å². The Kier molecular flexibility index (Phi) is 6.71. The topological polar surface area (TPSA) is 46.6 Å². The van der Waals surface area contributed by atoms with Crippen LogP contribution in [0.5, 0.6) is 5.75 Å². The molecule has 0 atom stereocenters. The van der Waals surface area contributed by atoms with E-state index < -0.39 is 0 Å². The van der Waals surface area contributed by atoms with Crippen LogP contribution in [0.1, 0.15) is 5.56 Å². The van der Waals surface area contributed by atoms with Crippen molar-refractivity contribution in [3.63, 3.8) is 0 Å². The molecule has 3 heterocycles. The van der Waals surface area contributed by atoms with Crippen LogP contribution in [0, 0.1) is 0 Å². The Morgan fingerprint density at radius 1 is 1.06 bits per heavy atom. The molecule has 170 valence electrons. The lowest BCUT2D eigenvalue weighted by atomic mass is 10.0.